The maximum atomic E-state index is 13.1. The molecule has 1 heterocycles. The first-order valence-electron chi connectivity index (χ1n) is 11.0. The predicted octanol–water partition coefficient (Wildman–Crippen LogP) is 2.84. The zero-order valence-corrected chi connectivity index (χ0v) is 20.2. The molecule has 4 rings (SSSR count). The van der Waals surface area contributed by atoms with Crippen molar-refractivity contribution in [2.24, 2.45) is 0 Å². The summed E-state index contributed by atoms with van der Waals surface area (Å²) in [7, 11) is -4.10. The molecule has 0 radical (unpaired) electrons. The molecule has 1 aliphatic heterocycles. The van der Waals surface area contributed by atoms with Crippen molar-refractivity contribution < 1.29 is 36.3 Å². The van der Waals surface area contributed by atoms with Gasteiger partial charge in [-0.25, -0.2) is 8.42 Å². The van der Waals surface area contributed by atoms with Gasteiger partial charge in [-0.2, -0.15) is 17.5 Å². The number of nitrogens with zero attached hydrogens (tertiary/aromatic N) is 1. The lowest BCUT2D eigenvalue weighted by Gasteiger charge is -2.32. The molecular weight excluding hydrogens is 505 g/mol. The summed E-state index contributed by atoms with van der Waals surface area (Å²) in [6.45, 7) is 1.52. The van der Waals surface area contributed by atoms with Gasteiger partial charge >= 0.3 is 6.18 Å². The van der Waals surface area contributed by atoms with E-state index in [1.807, 2.05) is 42.5 Å². The van der Waals surface area contributed by atoms with E-state index in [2.05, 4.69) is 0 Å². The van der Waals surface area contributed by atoms with Gasteiger partial charge in [-0.1, -0.05) is 41.9 Å². The number of aliphatic hydroxyl groups is 1. The average molecular weight is 530 g/mol. The van der Waals surface area contributed by atoms with Gasteiger partial charge in [0, 0.05) is 0 Å². The highest BCUT2D eigenvalue weighted by Gasteiger charge is 2.36. The van der Waals surface area contributed by atoms with Gasteiger partial charge in [0.1, 0.15) is 25.0 Å². The number of ether oxygens (including phenoxy) is 1. The Bertz CT molecular complexity index is 1300. The van der Waals surface area contributed by atoms with Crippen LogP contribution in [0.3, 0.4) is 0 Å². The van der Waals surface area contributed by atoms with Crippen LogP contribution < -0.4 is 9.64 Å². The third-order valence-electron chi connectivity index (χ3n) is 6.00. The molecule has 188 valence electrons. The molecule has 0 saturated carbocycles. The predicted molar refractivity (Wildman–Crippen MR) is 126 cm³/mol. The summed E-state index contributed by atoms with van der Waals surface area (Å²) in [5, 5.41) is 12.0. The number of piperazine rings is 1. The number of benzene rings is 3. The second-order valence-electron chi connectivity index (χ2n) is 8.47. The summed E-state index contributed by atoms with van der Waals surface area (Å²) in [5.41, 5.74) is -1.18. The van der Waals surface area contributed by atoms with Crippen LogP contribution in [0.5, 0.6) is 5.75 Å². The van der Waals surface area contributed by atoms with Crippen molar-refractivity contribution in [1.29, 1.82) is 0 Å². The first kappa shape index (κ1) is 25.7. The van der Waals surface area contributed by atoms with E-state index in [0.717, 1.165) is 32.1 Å². The van der Waals surface area contributed by atoms with Gasteiger partial charge in [0.15, 0.2) is 0 Å². The fraction of sp³-hybridized carbons (Fsp3) is 0.333. The minimum atomic E-state index is -4.75. The number of quaternary nitrogens is 1. The summed E-state index contributed by atoms with van der Waals surface area (Å²) in [5.74, 6) is 0.648. The summed E-state index contributed by atoms with van der Waals surface area (Å²) in [6, 6.07) is 16.2. The van der Waals surface area contributed by atoms with Gasteiger partial charge in [-0.15, -0.1) is 0 Å². The Balaban J connectivity index is 1.31. The summed E-state index contributed by atoms with van der Waals surface area (Å²) in [6.07, 6.45) is -5.51. The molecule has 1 saturated heterocycles. The molecule has 3 aromatic carbocycles. The lowest BCUT2D eigenvalue weighted by atomic mass is 10.1. The van der Waals surface area contributed by atoms with Crippen molar-refractivity contribution in [1.82, 2.24) is 4.31 Å². The Morgan fingerprint density at radius 1 is 1.03 bits per heavy atom. The van der Waals surface area contributed by atoms with Crippen LogP contribution in [0.4, 0.5) is 13.2 Å². The summed E-state index contributed by atoms with van der Waals surface area (Å²) in [4.78, 5) is 0.541. The maximum Gasteiger partial charge on any atom is 0.417 e. The number of fused-ring (bicyclic) bond motifs is 1. The van der Waals surface area contributed by atoms with E-state index in [9.17, 15) is 26.7 Å². The van der Waals surface area contributed by atoms with Crippen LogP contribution in [0.25, 0.3) is 10.8 Å². The molecule has 0 spiro atoms. The Morgan fingerprint density at radius 3 is 2.40 bits per heavy atom. The number of alkyl halides is 3. The Labute approximate surface area is 206 Å². The van der Waals surface area contributed by atoms with E-state index >= 15 is 0 Å². The molecular formula is C24H25ClF3N2O4S+. The zero-order valence-electron chi connectivity index (χ0n) is 18.6. The number of rotatable bonds is 7. The van der Waals surface area contributed by atoms with Crippen LogP contribution >= 0.6 is 11.6 Å². The second kappa shape index (κ2) is 10.3. The molecule has 6 nitrogen and oxygen atoms in total. The van der Waals surface area contributed by atoms with Crippen LogP contribution in [0.1, 0.15) is 5.56 Å². The van der Waals surface area contributed by atoms with Crippen molar-refractivity contribution >= 4 is 32.4 Å². The van der Waals surface area contributed by atoms with E-state index in [-0.39, 0.29) is 19.7 Å². The molecule has 1 fully saturated rings. The molecule has 3 aromatic rings. The number of hydrogen-bond acceptors (Lipinski definition) is 4. The van der Waals surface area contributed by atoms with E-state index in [4.69, 9.17) is 16.3 Å². The molecule has 0 aliphatic carbocycles. The lowest BCUT2D eigenvalue weighted by Crippen LogP contribution is -3.15. The van der Waals surface area contributed by atoms with Crippen LogP contribution in [0.15, 0.2) is 65.6 Å². The van der Waals surface area contributed by atoms with E-state index in [0.29, 0.717) is 31.5 Å². The smallest absolute Gasteiger partial charge is 0.417 e. The molecule has 1 atom stereocenters. The first-order valence-corrected chi connectivity index (χ1v) is 12.9. The standard InChI is InChI=1S/C24H24ClF3N2O4S/c25-23-8-7-21(14-22(23)24(26,27)28)35(32,33)30-11-9-29(10-12-30)15-19(31)16-34-20-6-5-17-3-1-2-4-18(17)13-20/h1-8,13-14,19,31H,9-12,15-16H2/p+1/t19-/m0/s1. The van der Waals surface area contributed by atoms with E-state index in [1.165, 1.54) is 0 Å². The number of sulfonamides is 1. The minimum Gasteiger partial charge on any atom is -0.491 e. The van der Waals surface area contributed by atoms with Gasteiger partial charge in [0.25, 0.3) is 0 Å². The van der Waals surface area contributed by atoms with E-state index in [1.54, 1.807) is 0 Å². The monoisotopic (exact) mass is 529 g/mol. The normalized spacial score (nSPS) is 16.9. The maximum absolute atomic E-state index is 13.1. The van der Waals surface area contributed by atoms with Crippen molar-refractivity contribution in [2.45, 2.75) is 17.2 Å². The fourth-order valence-electron chi connectivity index (χ4n) is 4.12. The van der Waals surface area contributed by atoms with Gasteiger partial charge in [-0.3, -0.25) is 0 Å². The lowest BCUT2D eigenvalue weighted by molar-refractivity contribution is -0.906. The van der Waals surface area contributed by atoms with Crippen LogP contribution in [-0.4, -0.2) is 63.3 Å². The number of nitrogens with one attached hydrogen (secondary N) is 1. The Kier molecular flexibility index (Phi) is 7.58. The minimum absolute atomic E-state index is 0.0921. The van der Waals surface area contributed by atoms with Crippen molar-refractivity contribution in [3.05, 3.63) is 71.2 Å². The topological polar surface area (TPSA) is 71.3 Å². The highest BCUT2D eigenvalue weighted by atomic mass is 35.5. The summed E-state index contributed by atoms with van der Waals surface area (Å²) >= 11 is 5.61. The molecule has 11 heteroatoms. The van der Waals surface area contributed by atoms with Gasteiger partial charge in [0.05, 0.1) is 41.7 Å². The molecule has 0 bridgehead atoms. The van der Waals surface area contributed by atoms with Crippen molar-refractivity contribution in [3.8, 4) is 5.75 Å². The van der Waals surface area contributed by atoms with Gasteiger partial charge in [0.2, 0.25) is 10.0 Å². The number of halogens is 4. The Morgan fingerprint density at radius 2 is 1.71 bits per heavy atom. The SMILES string of the molecule is O=S(=O)(c1ccc(Cl)c(C(F)(F)F)c1)N1CC[NH+](C[C@H](O)COc2ccc3ccccc3c2)CC1. The quantitative estimate of drug-likeness (QED) is 0.494. The number of aliphatic hydroxyl groups excluding tert-OH is 1. The first-order chi connectivity index (χ1) is 16.5. The van der Waals surface area contributed by atoms with Crippen molar-refractivity contribution in [3.63, 3.8) is 0 Å². The number of hydrogen-bond donors (Lipinski definition) is 2. The summed E-state index contributed by atoms with van der Waals surface area (Å²) < 4.78 is 72.1. The van der Waals surface area contributed by atoms with Crippen LogP contribution in [0.2, 0.25) is 5.02 Å². The zero-order chi connectivity index (χ0) is 25.2. The average Bonchev–Trinajstić information content (AvgIpc) is 2.82. The molecule has 0 amide bonds. The van der Waals surface area contributed by atoms with Crippen molar-refractivity contribution in [2.75, 3.05) is 39.3 Å². The molecule has 2 N–H and O–H groups in total. The highest BCUT2D eigenvalue weighted by Crippen LogP contribution is 2.36. The van der Waals surface area contributed by atoms with E-state index < -0.39 is 37.8 Å². The third-order valence-corrected chi connectivity index (χ3v) is 8.22. The highest BCUT2D eigenvalue weighted by molar-refractivity contribution is 7.89. The molecule has 0 aromatic heterocycles. The van der Waals surface area contributed by atoms with Crippen LogP contribution in [0, 0.1) is 0 Å². The Hall–Kier alpha value is -2.37. The molecule has 35 heavy (non-hydrogen) atoms. The van der Waals surface area contributed by atoms with Crippen LogP contribution in [-0.2, 0) is 16.2 Å². The van der Waals surface area contributed by atoms with Gasteiger partial charge in [-0.05, 0) is 41.1 Å². The molecule has 1 aliphatic rings. The third kappa shape index (κ3) is 6.07. The largest absolute Gasteiger partial charge is 0.491 e. The molecule has 0 unspecified atom stereocenters. The second-order valence-corrected chi connectivity index (χ2v) is 10.8. The fourth-order valence-corrected chi connectivity index (χ4v) is 5.81. The van der Waals surface area contributed by atoms with Gasteiger partial charge < -0.3 is 14.7 Å².